The number of nitrogens with zero attached hydrogens (tertiary/aromatic N) is 1. The third kappa shape index (κ3) is 3.50. The highest BCUT2D eigenvalue weighted by atomic mass is 35.5. The lowest BCUT2D eigenvalue weighted by atomic mass is 10.2. The molecule has 0 amide bonds. The molecule has 1 N–H and O–H groups in total. The fourth-order valence-corrected chi connectivity index (χ4v) is 3.16. The van der Waals surface area contributed by atoms with Crippen molar-refractivity contribution in [3.63, 3.8) is 0 Å². The molecule has 0 unspecified atom stereocenters. The number of hydrogen-bond acceptors (Lipinski definition) is 5. The van der Waals surface area contributed by atoms with Crippen LogP contribution in [0.5, 0.6) is 0 Å². The van der Waals surface area contributed by atoms with Crippen LogP contribution in [-0.4, -0.2) is 26.5 Å². The number of benzene rings is 1. The second-order valence-electron chi connectivity index (χ2n) is 3.98. The zero-order valence-corrected chi connectivity index (χ0v) is 12.5. The van der Waals surface area contributed by atoms with Gasteiger partial charge in [0.15, 0.2) is 0 Å². The number of carbonyl (C=O) groups is 1. The number of halogens is 1. The van der Waals surface area contributed by atoms with Gasteiger partial charge < -0.3 is 4.74 Å². The fraction of sp³-hybridized carbons (Fsp3) is 0.0769. The minimum absolute atomic E-state index is 0.000886. The van der Waals surface area contributed by atoms with Gasteiger partial charge in [0.1, 0.15) is 4.90 Å². The number of hydrogen-bond donors (Lipinski definition) is 1. The van der Waals surface area contributed by atoms with Crippen molar-refractivity contribution in [3.8, 4) is 0 Å². The number of methoxy groups -OCH3 is 1. The van der Waals surface area contributed by atoms with Crippen molar-refractivity contribution in [2.45, 2.75) is 4.90 Å². The molecule has 0 fully saturated rings. The summed E-state index contributed by atoms with van der Waals surface area (Å²) in [4.78, 5) is 15.1. The van der Waals surface area contributed by atoms with E-state index in [2.05, 4.69) is 14.4 Å². The van der Waals surface area contributed by atoms with Gasteiger partial charge in [-0.25, -0.2) is 13.2 Å². The molecule has 0 saturated heterocycles. The maximum Gasteiger partial charge on any atom is 0.337 e. The Morgan fingerprint density at radius 3 is 2.71 bits per heavy atom. The lowest BCUT2D eigenvalue weighted by Gasteiger charge is -2.10. The monoisotopic (exact) mass is 326 g/mol. The molecule has 2 rings (SSSR count). The third-order valence-corrected chi connectivity index (χ3v) is 4.42. The molecule has 0 spiro atoms. The van der Waals surface area contributed by atoms with Crippen LogP contribution < -0.4 is 4.72 Å². The van der Waals surface area contributed by atoms with Crippen LogP contribution in [0.1, 0.15) is 10.4 Å². The molecule has 1 aromatic heterocycles. The lowest BCUT2D eigenvalue weighted by molar-refractivity contribution is 0.0600. The van der Waals surface area contributed by atoms with Gasteiger partial charge in [-0.05, 0) is 30.3 Å². The Morgan fingerprint density at radius 1 is 1.33 bits per heavy atom. The van der Waals surface area contributed by atoms with Gasteiger partial charge in [0, 0.05) is 6.20 Å². The van der Waals surface area contributed by atoms with Gasteiger partial charge in [0.25, 0.3) is 10.0 Å². The van der Waals surface area contributed by atoms with E-state index in [1.165, 1.54) is 31.6 Å². The molecular formula is C13H11ClN2O4S. The Hall–Kier alpha value is -2.12. The summed E-state index contributed by atoms with van der Waals surface area (Å²) in [5.74, 6) is -0.649. The summed E-state index contributed by atoms with van der Waals surface area (Å²) in [7, 11) is -2.73. The lowest BCUT2D eigenvalue weighted by Crippen LogP contribution is -2.14. The molecule has 8 heteroatoms. The third-order valence-electron chi connectivity index (χ3n) is 2.56. The van der Waals surface area contributed by atoms with Gasteiger partial charge in [-0.15, -0.1) is 0 Å². The van der Waals surface area contributed by atoms with E-state index >= 15 is 0 Å². The largest absolute Gasteiger partial charge is 0.465 e. The molecule has 6 nitrogen and oxygen atoms in total. The molecule has 0 aliphatic heterocycles. The fourth-order valence-electron chi connectivity index (χ4n) is 1.59. The Balaban J connectivity index is 2.42. The van der Waals surface area contributed by atoms with E-state index < -0.39 is 16.0 Å². The number of esters is 1. The van der Waals surface area contributed by atoms with Crippen molar-refractivity contribution >= 4 is 33.3 Å². The van der Waals surface area contributed by atoms with E-state index in [9.17, 15) is 13.2 Å². The Kier molecular flexibility index (Phi) is 4.44. The number of sulfonamides is 1. The number of aromatic nitrogens is 1. The van der Waals surface area contributed by atoms with Gasteiger partial charge >= 0.3 is 5.97 Å². The van der Waals surface area contributed by atoms with Gasteiger partial charge in [0.2, 0.25) is 0 Å². The van der Waals surface area contributed by atoms with E-state index in [1.807, 2.05) is 0 Å². The molecule has 0 saturated carbocycles. The van der Waals surface area contributed by atoms with Crippen LogP contribution in [0, 0.1) is 0 Å². The van der Waals surface area contributed by atoms with Crippen molar-refractivity contribution in [1.82, 2.24) is 4.98 Å². The minimum atomic E-state index is -3.94. The molecule has 2 aromatic rings. The molecular weight excluding hydrogens is 316 g/mol. The van der Waals surface area contributed by atoms with Crippen molar-refractivity contribution in [2.24, 2.45) is 0 Å². The second-order valence-corrected chi connectivity index (χ2v) is 6.04. The first-order chi connectivity index (χ1) is 9.94. The van der Waals surface area contributed by atoms with Crippen LogP contribution >= 0.6 is 11.6 Å². The zero-order valence-electron chi connectivity index (χ0n) is 10.9. The average molecular weight is 327 g/mol. The number of nitrogens with one attached hydrogen (secondary N) is 1. The summed E-state index contributed by atoms with van der Waals surface area (Å²) < 4.78 is 31.5. The number of anilines is 1. The number of ether oxygens (including phenoxy) is 1. The number of rotatable bonds is 4. The number of carbonyl (C=O) groups excluding carboxylic acids is 1. The van der Waals surface area contributed by atoms with Crippen LogP contribution in [0.2, 0.25) is 5.02 Å². The molecule has 0 atom stereocenters. The van der Waals surface area contributed by atoms with Crippen LogP contribution in [0.25, 0.3) is 0 Å². The molecule has 0 aliphatic carbocycles. The molecule has 21 heavy (non-hydrogen) atoms. The maximum absolute atomic E-state index is 12.3. The Labute approximate surface area is 126 Å². The quantitative estimate of drug-likeness (QED) is 0.871. The minimum Gasteiger partial charge on any atom is -0.465 e. The van der Waals surface area contributed by atoms with Gasteiger partial charge in [0.05, 0.1) is 29.6 Å². The first kappa shape index (κ1) is 15.3. The standard InChI is InChI=1S/C13H11ClN2O4S/c1-20-13(17)9-4-5-11(14)12(7-9)21(18,19)16-10-3-2-6-15-8-10/h2-8,16H,1H3. The van der Waals surface area contributed by atoms with E-state index in [0.717, 1.165) is 6.07 Å². The molecule has 0 aliphatic rings. The summed E-state index contributed by atoms with van der Waals surface area (Å²) in [5, 5.41) is -0.000886. The summed E-state index contributed by atoms with van der Waals surface area (Å²) in [6, 6.07) is 7.00. The van der Waals surface area contributed by atoms with Gasteiger partial charge in [-0.2, -0.15) is 0 Å². The van der Waals surface area contributed by atoms with Crippen LogP contribution in [-0.2, 0) is 14.8 Å². The molecule has 0 radical (unpaired) electrons. The first-order valence-electron chi connectivity index (χ1n) is 5.75. The second kappa shape index (κ2) is 6.11. The summed E-state index contributed by atoms with van der Waals surface area (Å²) >= 11 is 5.91. The highest BCUT2D eigenvalue weighted by Crippen LogP contribution is 2.25. The topological polar surface area (TPSA) is 85.4 Å². The summed E-state index contributed by atoms with van der Waals surface area (Å²) in [6.07, 6.45) is 2.87. The Bertz CT molecular complexity index is 763. The Morgan fingerprint density at radius 2 is 2.10 bits per heavy atom. The smallest absolute Gasteiger partial charge is 0.337 e. The normalized spacial score (nSPS) is 11.0. The molecule has 0 bridgehead atoms. The van der Waals surface area contributed by atoms with Crippen molar-refractivity contribution in [2.75, 3.05) is 11.8 Å². The van der Waals surface area contributed by atoms with Gasteiger partial charge in [-0.3, -0.25) is 9.71 Å². The van der Waals surface area contributed by atoms with Crippen molar-refractivity contribution < 1.29 is 17.9 Å². The predicted octanol–water partition coefficient (Wildman–Crippen LogP) is 2.32. The first-order valence-corrected chi connectivity index (χ1v) is 7.61. The molecule has 1 aromatic carbocycles. The van der Waals surface area contributed by atoms with E-state index in [1.54, 1.807) is 12.1 Å². The summed E-state index contributed by atoms with van der Waals surface area (Å²) in [5.41, 5.74) is 0.380. The number of pyridine rings is 1. The highest BCUT2D eigenvalue weighted by Gasteiger charge is 2.20. The highest BCUT2D eigenvalue weighted by molar-refractivity contribution is 7.92. The summed E-state index contributed by atoms with van der Waals surface area (Å²) in [6.45, 7) is 0. The van der Waals surface area contributed by atoms with E-state index in [4.69, 9.17) is 11.6 Å². The van der Waals surface area contributed by atoms with E-state index in [0.29, 0.717) is 0 Å². The van der Waals surface area contributed by atoms with Crippen molar-refractivity contribution in [3.05, 3.63) is 53.3 Å². The predicted molar refractivity (Wildman–Crippen MR) is 77.8 cm³/mol. The average Bonchev–Trinajstić information content (AvgIpc) is 2.47. The van der Waals surface area contributed by atoms with Crippen LogP contribution in [0.4, 0.5) is 5.69 Å². The van der Waals surface area contributed by atoms with Crippen LogP contribution in [0.15, 0.2) is 47.6 Å². The van der Waals surface area contributed by atoms with E-state index in [-0.39, 0.29) is 21.2 Å². The molecule has 1 heterocycles. The maximum atomic E-state index is 12.3. The van der Waals surface area contributed by atoms with Gasteiger partial charge in [-0.1, -0.05) is 11.6 Å². The van der Waals surface area contributed by atoms with Crippen molar-refractivity contribution in [1.29, 1.82) is 0 Å². The zero-order chi connectivity index (χ0) is 15.5. The van der Waals surface area contributed by atoms with Crippen LogP contribution in [0.3, 0.4) is 0 Å². The SMILES string of the molecule is COC(=O)c1ccc(Cl)c(S(=O)(=O)Nc2cccnc2)c1. The molecule has 110 valence electrons.